The Hall–Kier alpha value is -2.59. The van der Waals surface area contributed by atoms with Crippen molar-refractivity contribution >= 4 is 38.2 Å². The third-order valence-electron chi connectivity index (χ3n) is 3.46. The molecular weight excluding hydrogens is 280 g/mol. The van der Waals surface area contributed by atoms with Crippen LogP contribution in [0.15, 0.2) is 60.2 Å². The normalized spacial score (nSPS) is 11.0. The predicted molar refractivity (Wildman–Crippen MR) is 84.8 cm³/mol. The van der Waals surface area contributed by atoms with Crippen molar-refractivity contribution in [2.24, 2.45) is 0 Å². The summed E-state index contributed by atoms with van der Waals surface area (Å²) in [5, 5.41) is 3.11. The van der Waals surface area contributed by atoms with Crippen LogP contribution < -0.4 is 0 Å². The molecule has 0 saturated heterocycles. The Kier molecular flexibility index (Phi) is 2.75. The number of thiophene rings is 1. The maximum Gasteiger partial charge on any atom is 0.194 e. The van der Waals surface area contributed by atoms with Gasteiger partial charge in [0.1, 0.15) is 0 Å². The van der Waals surface area contributed by atoms with E-state index in [0.717, 1.165) is 26.7 Å². The van der Waals surface area contributed by atoms with Crippen LogP contribution in [0.3, 0.4) is 0 Å². The van der Waals surface area contributed by atoms with Gasteiger partial charge in [-0.3, -0.25) is 14.8 Å². The van der Waals surface area contributed by atoms with Gasteiger partial charge in [-0.2, -0.15) is 0 Å². The van der Waals surface area contributed by atoms with E-state index < -0.39 is 0 Å². The van der Waals surface area contributed by atoms with Crippen LogP contribution >= 0.6 is 11.3 Å². The van der Waals surface area contributed by atoms with Crippen LogP contribution in [0.1, 0.15) is 15.9 Å². The maximum absolute atomic E-state index is 12.8. The largest absolute Gasteiger partial charge is 0.289 e. The zero-order valence-corrected chi connectivity index (χ0v) is 11.8. The summed E-state index contributed by atoms with van der Waals surface area (Å²) in [5.41, 5.74) is 2.92. The zero-order chi connectivity index (χ0) is 14.2. The molecule has 0 amide bonds. The van der Waals surface area contributed by atoms with Crippen molar-refractivity contribution < 1.29 is 4.79 Å². The predicted octanol–water partition coefficient (Wildman–Crippen LogP) is 4.08. The van der Waals surface area contributed by atoms with Crippen molar-refractivity contribution in [1.29, 1.82) is 0 Å². The van der Waals surface area contributed by atoms with Crippen molar-refractivity contribution in [2.45, 2.75) is 0 Å². The second kappa shape index (κ2) is 4.75. The molecule has 0 radical (unpaired) electrons. The number of fused-ring (bicyclic) bond motifs is 2. The number of hydrogen-bond acceptors (Lipinski definition) is 4. The van der Waals surface area contributed by atoms with Gasteiger partial charge in [0, 0.05) is 28.2 Å². The standard InChI is InChI=1S/C17H10N2OS/c20-16(13-3-1-2-11-6-9-21-17(11)13)12-4-5-14-15(10-12)19-8-7-18-14/h1-10H. The van der Waals surface area contributed by atoms with Gasteiger partial charge in [0.25, 0.3) is 0 Å². The van der Waals surface area contributed by atoms with E-state index in [-0.39, 0.29) is 5.78 Å². The number of benzene rings is 2. The van der Waals surface area contributed by atoms with Crippen LogP contribution in [-0.4, -0.2) is 15.8 Å². The van der Waals surface area contributed by atoms with Crippen molar-refractivity contribution in [2.75, 3.05) is 0 Å². The van der Waals surface area contributed by atoms with Gasteiger partial charge in [-0.25, -0.2) is 0 Å². The molecule has 0 fully saturated rings. The summed E-state index contributed by atoms with van der Waals surface area (Å²) in [5.74, 6) is 0.0237. The van der Waals surface area contributed by atoms with Crippen LogP contribution in [0.25, 0.3) is 21.1 Å². The minimum atomic E-state index is 0.0237. The molecule has 100 valence electrons. The summed E-state index contributed by atoms with van der Waals surface area (Å²) in [6.45, 7) is 0. The van der Waals surface area contributed by atoms with E-state index >= 15 is 0 Å². The van der Waals surface area contributed by atoms with Gasteiger partial charge in [-0.05, 0) is 41.1 Å². The molecule has 0 atom stereocenters. The summed E-state index contributed by atoms with van der Waals surface area (Å²) in [6.07, 6.45) is 3.28. The molecule has 0 spiro atoms. The van der Waals surface area contributed by atoms with Crippen molar-refractivity contribution in [3.63, 3.8) is 0 Å². The minimum Gasteiger partial charge on any atom is -0.289 e. The van der Waals surface area contributed by atoms with Crippen LogP contribution in [0.2, 0.25) is 0 Å². The first-order valence-electron chi connectivity index (χ1n) is 6.54. The Bertz CT molecular complexity index is 975. The average Bonchev–Trinajstić information content (AvgIpc) is 3.02. The summed E-state index contributed by atoms with van der Waals surface area (Å²) >= 11 is 1.59. The van der Waals surface area contributed by atoms with Gasteiger partial charge < -0.3 is 0 Å². The molecular formula is C17H10N2OS. The topological polar surface area (TPSA) is 42.9 Å². The van der Waals surface area contributed by atoms with Crippen LogP contribution in [0.5, 0.6) is 0 Å². The molecule has 21 heavy (non-hydrogen) atoms. The smallest absolute Gasteiger partial charge is 0.194 e. The van der Waals surface area contributed by atoms with E-state index in [0.29, 0.717) is 5.56 Å². The first kappa shape index (κ1) is 12.2. The highest BCUT2D eigenvalue weighted by Gasteiger charge is 2.14. The third-order valence-corrected chi connectivity index (χ3v) is 4.42. The number of ketones is 1. The lowest BCUT2D eigenvalue weighted by atomic mass is 10.0. The highest BCUT2D eigenvalue weighted by molar-refractivity contribution is 7.17. The second-order valence-electron chi connectivity index (χ2n) is 4.73. The van der Waals surface area contributed by atoms with Gasteiger partial charge in [-0.15, -0.1) is 11.3 Å². The Morgan fingerprint density at radius 1 is 0.952 bits per heavy atom. The second-order valence-corrected chi connectivity index (χ2v) is 5.65. The SMILES string of the molecule is O=C(c1ccc2nccnc2c1)c1cccc2ccsc12. The van der Waals surface area contributed by atoms with Crippen molar-refractivity contribution in [3.05, 3.63) is 71.4 Å². The van der Waals surface area contributed by atoms with Crippen molar-refractivity contribution in [3.8, 4) is 0 Å². The van der Waals surface area contributed by atoms with Gasteiger partial charge >= 0.3 is 0 Å². The van der Waals surface area contributed by atoms with Gasteiger partial charge in [0.05, 0.1) is 11.0 Å². The lowest BCUT2D eigenvalue weighted by molar-refractivity contribution is 0.104. The zero-order valence-electron chi connectivity index (χ0n) is 11.0. The van der Waals surface area contributed by atoms with E-state index in [1.807, 2.05) is 41.8 Å². The molecule has 0 saturated carbocycles. The van der Waals surface area contributed by atoms with Gasteiger partial charge in [0.2, 0.25) is 0 Å². The molecule has 2 heterocycles. The Balaban J connectivity index is 1.88. The summed E-state index contributed by atoms with van der Waals surface area (Å²) in [7, 11) is 0. The molecule has 4 aromatic rings. The Morgan fingerprint density at radius 3 is 2.71 bits per heavy atom. The molecule has 0 unspecified atom stereocenters. The van der Waals surface area contributed by atoms with Crippen LogP contribution in [-0.2, 0) is 0 Å². The molecule has 4 rings (SSSR count). The lowest BCUT2D eigenvalue weighted by Gasteiger charge is -2.04. The Labute approximate surface area is 124 Å². The maximum atomic E-state index is 12.8. The van der Waals surface area contributed by atoms with E-state index in [4.69, 9.17) is 0 Å². The summed E-state index contributed by atoms with van der Waals surface area (Å²) in [6, 6.07) is 13.3. The molecule has 4 heteroatoms. The molecule has 3 nitrogen and oxygen atoms in total. The monoisotopic (exact) mass is 290 g/mol. The number of aromatic nitrogens is 2. The minimum absolute atomic E-state index is 0.0237. The summed E-state index contributed by atoms with van der Waals surface area (Å²) in [4.78, 5) is 21.2. The van der Waals surface area contributed by atoms with E-state index in [1.54, 1.807) is 29.8 Å². The molecule has 0 N–H and O–H groups in total. The molecule has 2 aromatic carbocycles. The third kappa shape index (κ3) is 2.00. The molecule has 0 bridgehead atoms. The average molecular weight is 290 g/mol. The number of carbonyl (C=O) groups is 1. The molecule has 0 aliphatic carbocycles. The number of carbonyl (C=O) groups excluding carboxylic acids is 1. The summed E-state index contributed by atoms with van der Waals surface area (Å²) < 4.78 is 1.03. The van der Waals surface area contributed by atoms with Crippen molar-refractivity contribution in [1.82, 2.24) is 9.97 Å². The highest BCUT2D eigenvalue weighted by atomic mass is 32.1. The lowest BCUT2D eigenvalue weighted by Crippen LogP contribution is -2.01. The van der Waals surface area contributed by atoms with E-state index in [1.165, 1.54) is 0 Å². The van der Waals surface area contributed by atoms with E-state index in [2.05, 4.69) is 9.97 Å². The first-order chi connectivity index (χ1) is 10.3. The number of rotatable bonds is 2. The fraction of sp³-hybridized carbons (Fsp3) is 0. The fourth-order valence-corrected chi connectivity index (χ4v) is 3.34. The fourth-order valence-electron chi connectivity index (χ4n) is 2.43. The highest BCUT2D eigenvalue weighted by Crippen LogP contribution is 2.27. The van der Waals surface area contributed by atoms with Gasteiger partial charge in [0.15, 0.2) is 5.78 Å². The molecule has 0 aliphatic heterocycles. The number of hydrogen-bond donors (Lipinski definition) is 0. The Morgan fingerprint density at radius 2 is 1.81 bits per heavy atom. The van der Waals surface area contributed by atoms with E-state index in [9.17, 15) is 4.79 Å². The number of nitrogens with zero attached hydrogens (tertiary/aromatic N) is 2. The molecule has 2 aromatic heterocycles. The van der Waals surface area contributed by atoms with Crippen LogP contribution in [0, 0.1) is 0 Å². The first-order valence-corrected chi connectivity index (χ1v) is 7.42. The molecule has 0 aliphatic rings. The quantitative estimate of drug-likeness (QED) is 0.522. The van der Waals surface area contributed by atoms with Crippen LogP contribution in [0.4, 0.5) is 0 Å². The van der Waals surface area contributed by atoms with Gasteiger partial charge in [-0.1, -0.05) is 12.1 Å².